The standard InChI is InChI=1S/C21H16F3N5O2/c22-21(23,24)20(31)26-10-12-7-8-29(11-12)14-4-1-3-13(9-14)19-27-16-6-2-5-15(18(25)30)17(16)28-19/h1-9,11H,10H2,(H2,25,30)(H,26,31)(H,27,28). The van der Waals surface area contributed by atoms with Crippen LogP contribution in [0.4, 0.5) is 13.2 Å². The number of hydrogen-bond donors (Lipinski definition) is 3. The van der Waals surface area contributed by atoms with Crippen LogP contribution in [-0.4, -0.2) is 32.5 Å². The Morgan fingerprint density at radius 1 is 1.13 bits per heavy atom. The Hall–Kier alpha value is -4.08. The predicted molar refractivity (Wildman–Crippen MR) is 107 cm³/mol. The molecule has 0 aliphatic heterocycles. The Morgan fingerprint density at radius 2 is 1.90 bits per heavy atom. The Morgan fingerprint density at radius 3 is 2.65 bits per heavy atom. The lowest BCUT2D eigenvalue weighted by molar-refractivity contribution is -0.173. The smallest absolute Gasteiger partial charge is 0.366 e. The summed E-state index contributed by atoms with van der Waals surface area (Å²) in [7, 11) is 0. The van der Waals surface area contributed by atoms with Crippen LogP contribution in [0.15, 0.2) is 60.9 Å². The molecule has 0 atom stereocenters. The number of carbonyl (C=O) groups excluding carboxylic acids is 2. The quantitative estimate of drug-likeness (QED) is 0.455. The second kappa shape index (κ2) is 7.63. The molecule has 31 heavy (non-hydrogen) atoms. The van der Waals surface area contributed by atoms with Crippen LogP contribution < -0.4 is 11.1 Å². The molecule has 158 valence electrons. The van der Waals surface area contributed by atoms with Gasteiger partial charge in [0.25, 0.3) is 5.91 Å². The number of nitrogens with one attached hydrogen (secondary N) is 2. The molecular formula is C21H16F3N5O2. The molecule has 2 heterocycles. The zero-order valence-corrected chi connectivity index (χ0v) is 15.9. The minimum absolute atomic E-state index is 0.246. The second-order valence-electron chi connectivity index (χ2n) is 6.81. The fourth-order valence-electron chi connectivity index (χ4n) is 3.17. The molecular weight excluding hydrogens is 411 g/mol. The first-order valence-electron chi connectivity index (χ1n) is 9.13. The minimum atomic E-state index is -4.92. The summed E-state index contributed by atoms with van der Waals surface area (Å²) in [5.74, 6) is -2.02. The van der Waals surface area contributed by atoms with E-state index in [1.165, 1.54) is 0 Å². The number of rotatable bonds is 5. The number of benzene rings is 2. The number of alkyl halides is 3. The van der Waals surface area contributed by atoms with E-state index in [-0.39, 0.29) is 6.54 Å². The lowest BCUT2D eigenvalue weighted by Gasteiger charge is -2.07. The number of halogens is 3. The normalized spacial score (nSPS) is 11.6. The van der Waals surface area contributed by atoms with Gasteiger partial charge in [0.15, 0.2) is 0 Å². The van der Waals surface area contributed by atoms with Crippen molar-refractivity contribution in [3.05, 3.63) is 72.1 Å². The Bertz CT molecular complexity index is 1290. The molecule has 10 heteroatoms. The number of primary amides is 1. The molecule has 2 amide bonds. The number of H-pyrrole nitrogens is 1. The highest BCUT2D eigenvalue weighted by Crippen LogP contribution is 2.25. The third kappa shape index (κ3) is 4.13. The minimum Gasteiger partial charge on any atom is -0.366 e. The zero-order chi connectivity index (χ0) is 22.2. The summed E-state index contributed by atoms with van der Waals surface area (Å²) in [5.41, 5.74) is 8.85. The van der Waals surface area contributed by atoms with Gasteiger partial charge in [-0.15, -0.1) is 0 Å². The van der Waals surface area contributed by atoms with Gasteiger partial charge in [-0.05, 0) is 35.9 Å². The topological polar surface area (TPSA) is 106 Å². The van der Waals surface area contributed by atoms with E-state index in [9.17, 15) is 22.8 Å². The summed E-state index contributed by atoms with van der Waals surface area (Å²) < 4.78 is 38.7. The second-order valence-corrected chi connectivity index (χ2v) is 6.81. The molecule has 4 aromatic rings. The lowest BCUT2D eigenvalue weighted by atomic mass is 10.2. The molecule has 4 N–H and O–H groups in total. The molecule has 0 spiro atoms. The summed E-state index contributed by atoms with van der Waals surface area (Å²) in [6.45, 7) is -0.246. The number of aromatic nitrogens is 3. The molecule has 0 fully saturated rings. The van der Waals surface area contributed by atoms with Crippen LogP contribution in [0.3, 0.4) is 0 Å². The summed E-state index contributed by atoms with van der Waals surface area (Å²) in [4.78, 5) is 30.3. The van der Waals surface area contributed by atoms with Crippen molar-refractivity contribution in [3.63, 3.8) is 0 Å². The Balaban J connectivity index is 1.59. The molecule has 0 saturated carbocycles. The van der Waals surface area contributed by atoms with Crippen molar-refractivity contribution in [2.24, 2.45) is 5.73 Å². The zero-order valence-electron chi connectivity index (χ0n) is 15.9. The van der Waals surface area contributed by atoms with Gasteiger partial charge in [0.1, 0.15) is 11.3 Å². The van der Waals surface area contributed by atoms with Gasteiger partial charge in [-0.25, -0.2) is 4.98 Å². The van der Waals surface area contributed by atoms with Crippen molar-refractivity contribution in [2.45, 2.75) is 12.7 Å². The average Bonchev–Trinajstić information content (AvgIpc) is 3.38. The number of hydrogen-bond acceptors (Lipinski definition) is 3. The van der Waals surface area contributed by atoms with E-state index in [1.54, 1.807) is 47.3 Å². The van der Waals surface area contributed by atoms with Crippen molar-refractivity contribution >= 4 is 22.8 Å². The maximum absolute atomic E-state index is 12.3. The van der Waals surface area contributed by atoms with Crippen LogP contribution in [0, 0.1) is 0 Å². The van der Waals surface area contributed by atoms with Crippen LogP contribution in [0.25, 0.3) is 28.1 Å². The number of carbonyl (C=O) groups is 2. The molecule has 7 nitrogen and oxygen atoms in total. The largest absolute Gasteiger partial charge is 0.471 e. The van der Waals surface area contributed by atoms with E-state index >= 15 is 0 Å². The number of amides is 2. The number of imidazole rings is 1. The molecule has 2 aromatic heterocycles. The monoisotopic (exact) mass is 427 g/mol. The van der Waals surface area contributed by atoms with Gasteiger partial charge in [-0.1, -0.05) is 18.2 Å². The number of nitrogens with two attached hydrogens (primary N) is 1. The van der Waals surface area contributed by atoms with Crippen molar-refractivity contribution in [1.29, 1.82) is 0 Å². The fraction of sp³-hybridized carbons (Fsp3) is 0.0952. The van der Waals surface area contributed by atoms with Gasteiger partial charge in [-0.2, -0.15) is 13.2 Å². The molecule has 0 unspecified atom stereocenters. The van der Waals surface area contributed by atoms with E-state index in [0.29, 0.717) is 28.0 Å². The first-order chi connectivity index (χ1) is 14.7. The Kier molecular flexibility index (Phi) is 4.97. The van der Waals surface area contributed by atoms with Crippen molar-refractivity contribution in [2.75, 3.05) is 0 Å². The number of fused-ring (bicyclic) bond motifs is 1. The highest BCUT2D eigenvalue weighted by molar-refractivity contribution is 6.04. The van der Waals surface area contributed by atoms with Gasteiger partial charge in [-0.3, -0.25) is 9.59 Å². The molecule has 0 bridgehead atoms. The van der Waals surface area contributed by atoms with Crippen LogP contribution in [-0.2, 0) is 11.3 Å². The van der Waals surface area contributed by atoms with E-state index in [2.05, 4.69) is 9.97 Å². The van der Waals surface area contributed by atoms with Crippen molar-refractivity contribution < 1.29 is 22.8 Å². The number of nitrogens with zero attached hydrogens (tertiary/aromatic N) is 2. The third-order valence-corrected chi connectivity index (χ3v) is 4.66. The van der Waals surface area contributed by atoms with E-state index in [0.717, 1.165) is 11.3 Å². The Labute approximate surface area is 173 Å². The maximum Gasteiger partial charge on any atom is 0.471 e. The molecule has 0 aliphatic rings. The van der Waals surface area contributed by atoms with E-state index < -0.39 is 18.0 Å². The van der Waals surface area contributed by atoms with Gasteiger partial charge >= 0.3 is 12.1 Å². The maximum atomic E-state index is 12.3. The SMILES string of the molecule is NC(=O)c1cccc2[nH]c(-c3cccc(-n4ccc(CNC(=O)C(F)(F)F)c4)c3)nc12. The summed E-state index contributed by atoms with van der Waals surface area (Å²) in [6.07, 6.45) is -1.62. The molecule has 2 aromatic carbocycles. The molecule has 0 aliphatic carbocycles. The molecule has 0 saturated heterocycles. The van der Waals surface area contributed by atoms with Crippen LogP contribution in [0.5, 0.6) is 0 Å². The first kappa shape index (κ1) is 20.2. The van der Waals surface area contributed by atoms with Gasteiger partial charge < -0.3 is 20.6 Å². The first-order valence-corrected chi connectivity index (χ1v) is 9.13. The van der Waals surface area contributed by atoms with Crippen molar-refractivity contribution in [3.8, 4) is 17.1 Å². The summed E-state index contributed by atoms with van der Waals surface area (Å²) >= 11 is 0. The highest BCUT2D eigenvalue weighted by atomic mass is 19.4. The van der Waals surface area contributed by atoms with E-state index in [4.69, 9.17) is 5.73 Å². The fourth-order valence-corrected chi connectivity index (χ4v) is 3.17. The van der Waals surface area contributed by atoms with Gasteiger partial charge in [0.05, 0.1) is 11.1 Å². The van der Waals surface area contributed by atoms with Crippen LogP contribution in [0.1, 0.15) is 15.9 Å². The van der Waals surface area contributed by atoms with E-state index in [1.807, 2.05) is 23.5 Å². The van der Waals surface area contributed by atoms with Crippen molar-refractivity contribution in [1.82, 2.24) is 19.9 Å². The number of aromatic amines is 1. The lowest BCUT2D eigenvalue weighted by Crippen LogP contribution is -2.36. The van der Waals surface area contributed by atoms with Crippen LogP contribution in [0.2, 0.25) is 0 Å². The molecule has 0 radical (unpaired) electrons. The number of para-hydroxylation sites is 1. The van der Waals surface area contributed by atoms with Gasteiger partial charge in [0.2, 0.25) is 0 Å². The summed E-state index contributed by atoms with van der Waals surface area (Å²) in [6, 6.07) is 14.0. The average molecular weight is 427 g/mol. The van der Waals surface area contributed by atoms with Gasteiger partial charge in [0, 0.05) is 30.2 Å². The molecule has 4 rings (SSSR count). The third-order valence-electron chi connectivity index (χ3n) is 4.66. The highest BCUT2D eigenvalue weighted by Gasteiger charge is 2.38. The predicted octanol–water partition coefficient (Wildman–Crippen LogP) is 3.30. The van der Waals surface area contributed by atoms with Crippen LogP contribution >= 0.6 is 0 Å². The summed E-state index contributed by atoms with van der Waals surface area (Å²) in [5, 5.41) is 1.84.